The molecule has 0 spiro atoms. The average Bonchev–Trinajstić information content (AvgIpc) is 3.61. The minimum absolute atomic E-state index is 0.344. The zero-order chi connectivity index (χ0) is 21.8. The van der Waals surface area contributed by atoms with Gasteiger partial charge in [0.2, 0.25) is 0 Å². The van der Waals surface area contributed by atoms with E-state index >= 15 is 0 Å². The lowest BCUT2D eigenvalue weighted by Gasteiger charge is -2.20. The summed E-state index contributed by atoms with van der Waals surface area (Å²) in [6, 6.07) is 26.6. The minimum Gasteiger partial charge on any atom is -0.478 e. The summed E-state index contributed by atoms with van der Waals surface area (Å²) in [4.78, 5) is 3.60. The zero-order valence-electron chi connectivity index (χ0n) is 17.6. The second-order valence-corrected chi connectivity index (χ2v) is 8.20. The molecule has 5 nitrogen and oxygen atoms in total. The smallest absolute Gasteiger partial charge is 0.175 e. The van der Waals surface area contributed by atoms with Gasteiger partial charge in [-0.05, 0) is 36.4 Å². The Labute approximate surface area is 189 Å². The fourth-order valence-electron chi connectivity index (χ4n) is 4.71. The molecule has 3 aromatic carbocycles. The van der Waals surface area contributed by atoms with Gasteiger partial charge in [-0.2, -0.15) is 5.10 Å². The highest BCUT2D eigenvalue weighted by Gasteiger charge is 2.28. The van der Waals surface area contributed by atoms with Crippen molar-refractivity contribution < 1.29 is 9.15 Å². The van der Waals surface area contributed by atoms with E-state index in [2.05, 4.69) is 57.7 Å². The summed E-state index contributed by atoms with van der Waals surface area (Å²) in [5.41, 5.74) is 6.92. The molecule has 1 aliphatic rings. The highest BCUT2D eigenvalue weighted by molar-refractivity contribution is 6.06. The maximum absolute atomic E-state index is 6.51. The molecule has 1 atom stereocenters. The number of H-pyrrole nitrogens is 2. The lowest BCUT2D eigenvalue weighted by atomic mass is 9.98. The highest BCUT2D eigenvalue weighted by atomic mass is 16.5. The number of hydrogen-bond donors (Lipinski definition) is 2. The van der Waals surface area contributed by atoms with Gasteiger partial charge < -0.3 is 14.1 Å². The van der Waals surface area contributed by atoms with Gasteiger partial charge in [0.1, 0.15) is 11.3 Å². The van der Waals surface area contributed by atoms with Crippen LogP contribution in [0.1, 0.15) is 17.4 Å². The summed E-state index contributed by atoms with van der Waals surface area (Å²) >= 11 is 0. The molecule has 0 saturated carbocycles. The number of ether oxygens (including phenoxy) is 1. The first-order valence-electron chi connectivity index (χ1n) is 10.9. The maximum atomic E-state index is 6.51. The van der Waals surface area contributed by atoms with Crippen LogP contribution in [0.5, 0.6) is 5.75 Å². The number of fused-ring (bicyclic) bond motifs is 3. The van der Waals surface area contributed by atoms with E-state index in [4.69, 9.17) is 9.15 Å². The molecule has 7 rings (SSSR count). The molecular weight excluding hydrogens is 410 g/mol. The highest BCUT2D eigenvalue weighted by Crippen LogP contribution is 2.45. The van der Waals surface area contributed by atoms with Crippen LogP contribution in [0.4, 0.5) is 0 Å². The quantitative estimate of drug-likeness (QED) is 0.315. The first kappa shape index (κ1) is 18.1. The van der Waals surface area contributed by atoms with Crippen molar-refractivity contribution in [3.8, 4) is 28.3 Å². The Balaban J connectivity index is 1.51. The first-order valence-corrected chi connectivity index (χ1v) is 10.9. The second-order valence-electron chi connectivity index (χ2n) is 8.20. The van der Waals surface area contributed by atoms with Crippen molar-refractivity contribution in [1.82, 2.24) is 15.2 Å². The molecule has 1 unspecified atom stereocenters. The van der Waals surface area contributed by atoms with Crippen molar-refractivity contribution in [2.45, 2.75) is 6.10 Å². The number of benzene rings is 3. The van der Waals surface area contributed by atoms with Crippen LogP contribution < -0.4 is 4.74 Å². The third kappa shape index (κ3) is 2.83. The number of furan rings is 1. The molecular formula is C28H19N3O2. The van der Waals surface area contributed by atoms with Crippen molar-refractivity contribution in [2.24, 2.45) is 0 Å². The maximum Gasteiger partial charge on any atom is 0.175 e. The summed E-state index contributed by atoms with van der Waals surface area (Å²) in [6.07, 6.45) is 5.58. The average molecular weight is 429 g/mol. The van der Waals surface area contributed by atoms with Gasteiger partial charge in [-0.25, -0.2) is 0 Å². The fraction of sp³-hybridized carbons (Fsp3) is 0.0357. The van der Waals surface area contributed by atoms with E-state index in [-0.39, 0.29) is 6.10 Å². The Morgan fingerprint density at radius 1 is 0.848 bits per heavy atom. The third-order valence-electron chi connectivity index (χ3n) is 6.21. The normalized spacial score (nSPS) is 15.1. The van der Waals surface area contributed by atoms with Gasteiger partial charge in [-0.3, -0.25) is 5.10 Å². The number of nitrogens with zero attached hydrogens (tertiary/aromatic N) is 1. The monoisotopic (exact) mass is 429 g/mol. The lowest BCUT2D eigenvalue weighted by molar-refractivity contribution is 0.223. The van der Waals surface area contributed by atoms with Gasteiger partial charge in [0.05, 0.1) is 17.0 Å². The molecule has 0 saturated heterocycles. The number of nitrogens with one attached hydrogen (secondary N) is 2. The molecule has 1 aliphatic heterocycles. The molecule has 0 amide bonds. The van der Waals surface area contributed by atoms with E-state index in [1.54, 1.807) is 6.20 Å². The van der Waals surface area contributed by atoms with Gasteiger partial charge in [0.15, 0.2) is 11.9 Å². The van der Waals surface area contributed by atoms with Crippen LogP contribution in [0.2, 0.25) is 0 Å². The summed E-state index contributed by atoms with van der Waals surface area (Å²) in [7, 11) is 0. The first-order chi connectivity index (χ1) is 16.3. The molecule has 0 fully saturated rings. The standard InChI is InChI=1S/C28H19N3O2/c1-3-9-20-18(7-1)16-22(30-20)27-26-19(21-14-15-29-31-21)8-5-11-24(26)33-28(27)25-13-12-17-6-2-4-10-23(17)32-25/h1-16,25,30H,(H,29,31). The molecule has 33 heavy (non-hydrogen) atoms. The minimum atomic E-state index is -0.344. The Morgan fingerprint density at radius 3 is 2.67 bits per heavy atom. The molecule has 158 valence electrons. The van der Waals surface area contributed by atoms with Crippen LogP contribution in [0.3, 0.4) is 0 Å². The predicted octanol–water partition coefficient (Wildman–Crippen LogP) is 7.12. The topological polar surface area (TPSA) is 66.8 Å². The van der Waals surface area contributed by atoms with Crippen LogP contribution in [0.25, 0.3) is 50.5 Å². The Morgan fingerprint density at radius 2 is 1.76 bits per heavy atom. The van der Waals surface area contributed by atoms with E-state index in [0.717, 1.165) is 61.5 Å². The SMILES string of the molecule is C1=CC(c2oc3cccc(-c4ccn[nH]4)c3c2-c2cc3ccccc3[nH]2)Oc2ccccc21. The zero-order valence-corrected chi connectivity index (χ0v) is 17.6. The summed E-state index contributed by atoms with van der Waals surface area (Å²) in [5, 5.41) is 9.45. The molecule has 6 aromatic rings. The van der Waals surface area contributed by atoms with Gasteiger partial charge in [0.25, 0.3) is 0 Å². The van der Waals surface area contributed by atoms with E-state index in [1.165, 1.54) is 0 Å². The third-order valence-corrected chi connectivity index (χ3v) is 6.21. The molecule has 0 radical (unpaired) electrons. The van der Waals surface area contributed by atoms with Gasteiger partial charge in [-0.15, -0.1) is 0 Å². The fourth-order valence-corrected chi connectivity index (χ4v) is 4.71. The Bertz CT molecular complexity index is 1620. The summed E-state index contributed by atoms with van der Waals surface area (Å²) < 4.78 is 12.9. The van der Waals surface area contributed by atoms with Crippen molar-refractivity contribution in [3.05, 3.63) is 102 Å². The van der Waals surface area contributed by atoms with Crippen LogP contribution in [-0.2, 0) is 0 Å². The summed E-state index contributed by atoms with van der Waals surface area (Å²) in [5.74, 6) is 1.62. The Hall–Kier alpha value is -4.51. The number of rotatable bonds is 3. The molecule has 5 heteroatoms. The number of hydrogen-bond acceptors (Lipinski definition) is 3. The number of aromatic amines is 2. The van der Waals surface area contributed by atoms with Gasteiger partial charge in [-0.1, -0.05) is 54.6 Å². The van der Waals surface area contributed by atoms with Gasteiger partial charge >= 0.3 is 0 Å². The number of aromatic nitrogens is 3. The van der Waals surface area contributed by atoms with Crippen molar-refractivity contribution in [1.29, 1.82) is 0 Å². The Kier molecular flexibility index (Phi) is 3.84. The van der Waals surface area contributed by atoms with Crippen molar-refractivity contribution in [3.63, 3.8) is 0 Å². The summed E-state index contributed by atoms with van der Waals surface area (Å²) in [6.45, 7) is 0. The predicted molar refractivity (Wildman–Crippen MR) is 130 cm³/mol. The largest absolute Gasteiger partial charge is 0.478 e. The molecule has 0 bridgehead atoms. The molecule has 0 aliphatic carbocycles. The molecule has 3 aromatic heterocycles. The van der Waals surface area contributed by atoms with Crippen LogP contribution in [0.15, 0.2) is 95.6 Å². The van der Waals surface area contributed by atoms with Gasteiger partial charge in [0, 0.05) is 33.6 Å². The molecule has 2 N–H and O–H groups in total. The lowest BCUT2D eigenvalue weighted by Crippen LogP contribution is -2.09. The van der Waals surface area contributed by atoms with E-state index in [9.17, 15) is 0 Å². The van der Waals surface area contributed by atoms with Crippen molar-refractivity contribution >= 4 is 27.9 Å². The number of para-hydroxylation sites is 2. The van der Waals surface area contributed by atoms with Crippen molar-refractivity contribution in [2.75, 3.05) is 0 Å². The van der Waals surface area contributed by atoms with Crippen LogP contribution in [0, 0.1) is 0 Å². The van der Waals surface area contributed by atoms with Crippen LogP contribution in [-0.4, -0.2) is 15.2 Å². The van der Waals surface area contributed by atoms with Crippen LogP contribution >= 0.6 is 0 Å². The van der Waals surface area contributed by atoms with E-state index in [0.29, 0.717) is 0 Å². The van der Waals surface area contributed by atoms with E-state index < -0.39 is 0 Å². The second kappa shape index (κ2) is 7.00. The molecule has 4 heterocycles. The van der Waals surface area contributed by atoms with E-state index in [1.807, 2.05) is 48.5 Å².